The van der Waals surface area contributed by atoms with Gasteiger partial charge >= 0.3 is 0 Å². The molecule has 1 aromatic heterocycles. The number of carbonyl (C=O) groups is 3. The number of likely N-dealkylation sites (tertiary alicyclic amines) is 1. The van der Waals surface area contributed by atoms with Crippen molar-refractivity contribution in [1.29, 1.82) is 0 Å². The second-order valence-electron chi connectivity index (χ2n) is 9.49. The van der Waals surface area contributed by atoms with Gasteiger partial charge in [0.2, 0.25) is 0 Å². The number of amides is 3. The number of imide groups is 1. The van der Waals surface area contributed by atoms with Gasteiger partial charge in [-0.1, -0.05) is 44.0 Å². The molecule has 8 nitrogen and oxygen atoms in total. The molecule has 1 saturated carbocycles. The minimum Gasteiger partial charge on any atom is -0.333 e. The number of hydrogen-bond donors (Lipinski definition) is 0. The van der Waals surface area contributed by atoms with E-state index in [2.05, 4.69) is 10.2 Å². The van der Waals surface area contributed by atoms with Crippen molar-refractivity contribution in [3.05, 3.63) is 77.1 Å². The largest absolute Gasteiger partial charge is 0.333 e. The fourth-order valence-corrected chi connectivity index (χ4v) is 5.97. The Kier molecular flexibility index (Phi) is 6.43. The Balaban J connectivity index is 0.00000130. The summed E-state index contributed by atoms with van der Waals surface area (Å²) >= 11 is 0. The Morgan fingerprint density at radius 2 is 1.64 bits per heavy atom. The van der Waals surface area contributed by atoms with Gasteiger partial charge in [0.05, 0.1) is 47.4 Å². The molecule has 0 bridgehead atoms. The Labute approximate surface area is 210 Å². The van der Waals surface area contributed by atoms with Crippen LogP contribution in [0.2, 0.25) is 0 Å². The van der Waals surface area contributed by atoms with Gasteiger partial charge < -0.3 is 4.90 Å². The first-order chi connectivity index (χ1) is 17.5. The first-order valence-electron chi connectivity index (χ1n) is 12.8. The Bertz CT molecular complexity index is 1270. The molecule has 8 heteroatoms. The lowest BCUT2D eigenvalue weighted by molar-refractivity contribution is 0.0537. The number of aryl methyl sites for hydroxylation is 1. The molecule has 2 aromatic carbocycles. The van der Waals surface area contributed by atoms with Crippen molar-refractivity contribution < 1.29 is 14.4 Å². The van der Waals surface area contributed by atoms with E-state index in [1.807, 2.05) is 43.9 Å². The van der Waals surface area contributed by atoms with E-state index in [0.717, 1.165) is 24.8 Å². The molecule has 0 radical (unpaired) electrons. The lowest BCUT2D eigenvalue weighted by Crippen LogP contribution is -2.47. The molecule has 186 valence electrons. The number of aromatic nitrogens is 3. The van der Waals surface area contributed by atoms with E-state index in [1.165, 1.54) is 9.70 Å². The fourth-order valence-electron chi connectivity index (χ4n) is 5.97. The van der Waals surface area contributed by atoms with Crippen LogP contribution in [0.1, 0.15) is 69.7 Å². The quantitative estimate of drug-likeness (QED) is 0.519. The van der Waals surface area contributed by atoms with Gasteiger partial charge in [0.1, 0.15) is 0 Å². The van der Waals surface area contributed by atoms with Crippen LogP contribution in [0.3, 0.4) is 0 Å². The van der Waals surface area contributed by atoms with E-state index in [9.17, 15) is 14.4 Å². The molecule has 3 unspecified atom stereocenters. The highest BCUT2D eigenvalue weighted by Crippen LogP contribution is 2.43. The number of rotatable bonds is 4. The van der Waals surface area contributed by atoms with Gasteiger partial charge in [0, 0.05) is 6.54 Å². The van der Waals surface area contributed by atoms with Crippen LogP contribution in [0.15, 0.2) is 54.9 Å². The topological polar surface area (TPSA) is 88.4 Å². The zero-order valence-corrected chi connectivity index (χ0v) is 20.9. The molecule has 6 rings (SSSR count). The number of nitrogens with zero attached hydrogens (tertiary/aromatic N) is 5. The summed E-state index contributed by atoms with van der Waals surface area (Å²) in [4.78, 5) is 44.8. The predicted octanol–water partition coefficient (Wildman–Crippen LogP) is 4.14. The average molecular weight is 486 g/mol. The molecule has 2 aliphatic heterocycles. The average Bonchev–Trinajstić information content (AvgIpc) is 3.69. The molecule has 0 spiro atoms. The van der Waals surface area contributed by atoms with Crippen LogP contribution in [0.4, 0.5) is 0 Å². The number of benzene rings is 2. The van der Waals surface area contributed by atoms with Crippen LogP contribution < -0.4 is 0 Å². The van der Waals surface area contributed by atoms with Gasteiger partial charge in [-0.15, -0.1) is 0 Å². The van der Waals surface area contributed by atoms with Crippen molar-refractivity contribution in [3.8, 4) is 5.69 Å². The lowest BCUT2D eigenvalue weighted by atomic mass is 9.93. The van der Waals surface area contributed by atoms with Crippen LogP contribution in [0, 0.1) is 18.8 Å². The zero-order chi connectivity index (χ0) is 25.4. The zero-order valence-electron chi connectivity index (χ0n) is 20.9. The minimum atomic E-state index is -0.272. The Morgan fingerprint density at radius 1 is 0.972 bits per heavy atom. The maximum atomic E-state index is 14.0. The van der Waals surface area contributed by atoms with Gasteiger partial charge in [0.15, 0.2) is 0 Å². The molecule has 3 amide bonds. The highest BCUT2D eigenvalue weighted by atomic mass is 16.2. The third-order valence-electron chi connectivity index (χ3n) is 7.57. The van der Waals surface area contributed by atoms with E-state index in [-0.39, 0.29) is 36.2 Å². The van der Waals surface area contributed by atoms with E-state index >= 15 is 0 Å². The summed E-state index contributed by atoms with van der Waals surface area (Å²) in [6.45, 7) is 6.81. The smallest absolute Gasteiger partial charge is 0.261 e. The number of carbonyl (C=O) groups excluding carboxylic acids is 3. The molecular formula is C28H31N5O3. The molecule has 3 aromatic rings. The standard InChI is InChI=1S/C26H25N5O3.C2H6/c1-16-9-10-22(31-27-11-12-28-31)21(13-16)26(34)29-14-17-5-4-8-18(17)23(29)15-30-24(32)19-6-2-3-7-20(19)25(30)33;1-2/h2-3,6-7,9-13,17-18,23H,4-5,8,14-15H2,1H3;1-2H3. The summed E-state index contributed by atoms with van der Waals surface area (Å²) in [7, 11) is 0. The number of hydrogen-bond acceptors (Lipinski definition) is 5. The maximum absolute atomic E-state index is 14.0. The van der Waals surface area contributed by atoms with Crippen LogP contribution in [0.25, 0.3) is 5.69 Å². The van der Waals surface area contributed by atoms with Gasteiger partial charge in [-0.25, -0.2) is 0 Å². The highest BCUT2D eigenvalue weighted by molar-refractivity contribution is 6.21. The van der Waals surface area contributed by atoms with Crippen molar-refractivity contribution in [3.63, 3.8) is 0 Å². The van der Waals surface area contributed by atoms with Crippen LogP contribution >= 0.6 is 0 Å². The second-order valence-corrected chi connectivity index (χ2v) is 9.49. The summed E-state index contributed by atoms with van der Waals surface area (Å²) in [5.74, 6) is 0.0226. The minimum absolute atomic E-state index is 0.105. The summed E-state index contributed by atoms with van der Waals surface area (Å²) in [6.07, 6.45) is 6.35. The summed E-state index contributed by atoms with van der Waals surface area (Å²) < 4.78 is 0. The van der Waals surface area contributed by atoms with Crippen molar-refractivity contribution >= 4 is 17.7 Å². The third-order valence-corrected chi connectivity index (χ3v) is 7.57. The van der Waals surface area contributed by atoms with E-state index in [1.54, 1.807) is 36.7 Å². The Morgan fingerprint density at radius 3 is 2.31 bits per heavy atom. The predicted molar refractivity (Wildman–Crippen MR) is 135 cm³/mol. The molecule has 1 saturated heterocycles. The van der Waals surface area contributed by atoms with Gasteiger partial charge in [-0.2, -0.15) is 15.0 Å². The lowest BCUT2D eigenvalue weighted by Gasteiger charge is -2.31. The van der Waals surface area contributed by atoms with Crippen molar-refractivity contribution in [2.24, 2.45) is 11.8 Å². The third kappa shape index (κ3) is 3.90. The monoisotopic (exact) mass is 485 g/mol. The van der Waals surface area contributed by atoms with Crippen molar-refractivity contribution in [2.75, 3.05) is 13.1 Å². The molecule has 1 aliphatic carbocycles. The molecule has 3 atom stereocenters. The van der Waals surface area contributed by atoms with Crippen LogP contribution in [-0.4, -0.2) is 61.6 Å². The first-order valence-corrected chi connectivity index (χ1v) is 12.8. The molecule has 3 heterocycles. The first kappa shape index (κ1) is 23.9. The second kappa shape index (κ2) is 9.68. The maximum Gasteiger partial charge on any atom is 0.261 e. The molecule has 2 fully saturated rings. The van der Waals surface area contributed by atoms with Gasteiger partial charge in [-0.3, -0.25) is 19.3 Å². The number of fused-ring (bicyclic) bond motifs is 2. The molecule has 0 N–H and O–H groups in total. The summed E-state index contributed by atoms with van der Waals surface area (Å²) in [6, 6.07) is 12.4. The molecule has 36 heavy (non-hydrogen) atoms. The van der Waals surface area contributed by atoms with E-state index in [0.29, 0.717) is 34.8 Å². The van der Waals surface area contributed by atoms with Gasteiger partial charge in [0.25, 0.3) is 17.7 Å². The summed E-state index contributed by atoms with van der Waals surface area (Å²) in [5.41, 5.74) is 3.00. The SMILES string of the molecule is CC.Cc1ccc(-n2nccn2)c(C(=O)N2CC3CCCC3C2CN2C(=O)c3ccccc3C2=O)c1. The van der Waals surface area contributed by atoms with Crippen LogP contribution in [-0.2, 0) is 0 Å². The fraction of sp³-hybridized carbons (Fsp3) is 0.393. The highest BCUT2D eigenvalue weighted by Gasteiger charge is 2.49. The molecular weight excluding hydrogens is 454 g/mol. The molecule has 3 aliphatic rings. The van der Waals surface area contributed by atoms with Gasteiger partial charge in [-0.05, 0) is 55.9 Å². The Hall–Kier alpha value is -3.81. The van der Waals surface area contributed by atoms with Crippen molar-refractivity contribution in [1.82, 2.24) is 24.8 Å². The van der Waals surface area contributed by atoms with E-state index < -0.39 is 0 Å². The van der Waals surface area contributed by atoms with E-state index in [4.69, 9.17) is 0 Å². The van der Waals surface area contributed by atoms with Crippen LogP contribution in [0.5, 0.6) is 0 Å². The van der Waals surface area contributed by atoms with Crippen molar-refractivity contribution in [2.45, 2.75) is 46.1 Å². The summed E-state index contributed by atoms with van der Waals surface area (Å²) in [5, 5.41) is 8.45. The normalized spacial score (nSPS) is 22.4.